The Morgan fingerprint density at radius 1 is 1.06 bits per heavy atom. The lowest BCUT2D eigenvalue weighted by molar-refractivity contribution is -0.132. The predicted octanol–water partition coefficient (Wildman–Crippen LogP) is 4.71. The van der Waals surface area contributed by atoms with Crippen LogP contribution in [0.2, 0.25) is 10.0 Å². The van der Waals surface area contributed by atoms with Crippen molar-refractivity contribution in [3.63, 3.8) is 0 Å². The predicted molar refractivity (Wildman–Crippen MR) is 125 cm³/mol. The van der Waals surface area contributed by atoms with Gasteiger partial charge in [-0.3, -0.25) is 9.59 Å². The Morgan fingerprint density at radius 2 is 1.77 bits per heavy atom. The second kappa shape index (κ2) is 10.7. The van der Waals surface area contributed by atoms with Crippen molar-refractivity contribution in [2.24, 2.45) is 5.92 Å². The zero-order valence-corrected chi connectivity index (χ0v) is 19.2. The Kier molecular flexibility index (Phi) is 8.04. The van der Waals surface area contributed by atoms with Gasteiger partial charge >= 0.3 is 0 Å². The molecule has 0 spiro atoms. The molecule has 0 bridgehead atoms. The highest BCUT2D eigenvalue weighted by atomic mass is 35.5. The van der Waals surface area contributed by atoms with Crippen LogP contribution < -0.4 is 15.0 Å². The highest BCUT2D eigenvalue weighted by Gasteiger charge is 2.23. The van der Waals surface area contributed by atoms with Gasteiger partial charge in [0.25, 0.3) is 5.91 Å². The molecule has 8 heteroatoms. The van der Waals surface area contributed by atoms with Gasteiger partial charge in [0, 0.05) is 37.6 Å². The monoisotopic (exact) mass is 463 g/mol. The second-order valence-electron chi connectivity index (χ2n) is 7.89. The van der Waals surface area contributed by atoms with Crippen LogP contribution in [-0.4, -0.2) is 49.5 Å². The minimum absolute atomic E-state index is 0.173. The van der Waals surface area contributed by atoms with Crippen LogP contribution in [-0.2, 0) is 9.59 Å². The molecule has 2 aromatic carbocycles. The van der Waals surface area contributed by atoms with Gasteiger partial charge in [0.1, 0.15) is 5.75 Å². The Balaban J connectivity index is 1.62. The van der Waals surface area contributed by atoms with Gasteiger partial charge < -0.3 is 19.9 Å². The molecule has 1 saturated heterocycles. The molecule has 0 radical (unpaired) electrons. The summed E-state index contributed by atoms with van der Waals surface area (Å²) in [6.45, 7) is 6.59. The van der Waals surface area contributed by atoms with Crippen LogP contribution in [0.3, 0.4) is 0 Å². The van der Waals surface area contributed by atoms with E-state index in [2.05, 4.69) is 10.2 Å². The average molecular weight is 464 g/mol. The Hall–Kier alpha value is -2.44. The summed E-state index contributed by atoms with van der Waals surface area (Å²) in [4.78, 5) is 28.9. The number of hydrogen-bond donors (Lipinski definition) is 1. The second-order valence-corrected chi connectivity index (χ2v) is 8.74. The number of anilines is 2. The molecular weight excluding hydrogens is 437 g/mol. The SMILES string of the molecule is CC(C)CC(=O)N1CCN(c2ccc(Cl)cc2NC(=O)COc2ccccc2Cl)CC1. The number of para-hydroxylation sites is 1. The smallest absolute Gasteiger partial charge is 0.262 e. The Morgan fingerprint density at radius 3 is 2.45 bits per heavy atom. The van der Waals surface area contributed by atoms with Crippen LogP contribution in [0.1, 0.15) is 20.3 Å². The summed E-state index contributed by atoms with van der Waals surface area (Å²) in [5, 5.41) is 3.86. The summed E-state index contributed by atoms with van der Waals surface area (Å²) in [5.41, 5.74) is 1.48. The number of ether oxygens (including phenoxy) is 1. The fraction of sp³-hybridized carbons (Fsp3) is 0.391. The van der Waals surface area contributed by atoms with E-state index in [1.54, 1.807) is 36.4 Å². The number of carbonyl (C=O) groups is 2. The van der Waals surface area contributed by atoms with Crippen LogP contribution in [0.4, 0.5) is 11.4 Å². The third-order valence-electron chi connectivity index (χ3n) is 4.98. The molecule has 31 heavy (non-hydrogen) atoms. The van der Waals surface area contributed by atoms with Crippen molar-refractivity contribution in [1.82, 2.24) is 4.90 Å². The molecule has 1 aliphatic rings. The number of halogens is 2. The van der Waals surface area contributed by atoms with Gasteiger partial charge in [-0.15, -0.1) is 0 Å². The van der Waals surface area contributed by atoms with E-state index in [0.29, 0.717) is 60.0 Å². The first kappa shape index (κ1) is 23.2. The first-order chi connectivity index (χ1) is 14.8. The first-order valence-corrected chi connectivity index (χ1v) is 11.1. The van der Waals surface area contributed by atoms with Crippen molar-refractivity contribution in [2.45, 2.75) is 20.3 Å². The third kappa shape index (κ3) is 6.52. The molecule has 1 N–H and O–H groups in total. The normalized spacial score (nSPS) is 14.0. The van der Waals surface area contributed by atoms with Gasteiger partial charge in [0.2, 0.25) is 5.91 Å². The summed E-state index contributed by atoms with van der Waals surface area (Å²) in [5.74, 6) is 0.676. The van der Waals surface area contributed by atoms with Crippen LogP contribution in [0.15, 0.2) is 42.5 Å². The van der Waals surface area contributed by atoms with Crippen LogP contribution in [0.5, 0.6) is 5.75 Å². The standard InChI is InChI=1S/C23H27Cl2N3O3/c1-16(2)13-23(30)28-11-9-27(10-12-28)20-8-7-17(24)14-19(20)26-22(29)15-31-21-6-4-3-5-18(21)25/h3-8,14,16H,9-13,15H2,1-2H3,(H,26,29). The zero-order chi connectivity index (χ0) is 22.4. The Bertz CT molecular complexity index is 928. The highest BCUT2D eigenvalue weighted by Crippen LogP contribution is 2.30. The maximum atomic E-state index is 12.5. The van der Waals surface area contributed by atoms with Gasteiger partial charge in [-0.25, -0.2) is 0 Å². The molecule has 1 aliphatic heterocycles. The molecule has 2 aromatic rings. The maximum absolute atomic E-state index is 12.5. The molecule has 0 aromatic heterocycles. The molecular formula is C23H27Cl2N3O3. The molecule has 0 saturated carbocycles. The lowest BCUT2D eigenvalue weighted by atomic mass is 10.1. The van der Waals surface area contributed by atoms with Crippen molar-refractivity contribution in [1.29, 1.82) is 0 Å². The molecule has 3 rings (SSSR count). The van der Waals surface area contributed by atoms with E-state index in [1.165, 1.54) is 0 Å². The van der Waals surface area contributed by atoms with Crippen molar-refractivity contribution in [3.05, 3.63) is 52.5 Å². The van der Waals surface area contributed by atoms with E-state index >= 15 is 0 Å². The van der Waals surface area contributed by atoms with Crippen molar-refractivity contribution in [2.75, 3.05) is 43.0 Å². The zero-order valence-electron chi connectivity index (χ0n) is 17.7. The van der Waals surface area contributed by atoms with Gasteiger partial charge in [0.05, 0.1) is 16.4 Å². The van der Waals surface area contributed by atoms with E-state index in [9.17, 15) is 9.59 Å². The van der Waals surface area contributed by atoms with Crippen LogP contribution in [0, 0.1) is 5.92 Å². The van der Waals surface area contributed by atoms with Gasteiger partial charge in [-0.1, -0.05) is 49.2 Å². The topological polar surface area (TPSA) is 61.9 Å². The number of amides is 2. The van der Waals surface area contributed by atoms with E-state index in [1.807, 2.05) is 24.8 Å². The summed E-state index contributed by atoms with van der Waals surface area (Å²) in [6.07, 6.45) is 0.563. The molecule has 1 fully saturated rings. The number of piperazine rings is 1. The number of nitrogens with one attached hydrogen (secondary N) is 1. The third-order valence-corrected chi connectivity index (χ3v) is 5.53. The van der Waals surface area contributed by atoms with Gasteiger partial charge in [-0.05, 0) is 36.2 Å². The highest BCUT2D eigenvalue weighted by molar-refractivity contribution is 6.32. The fourth-order valence-electron chi connectivity index (χ4n) is 3.45. The summed E-state index contributed by atoms with van der Waals surface area (Å²) < 4.78 is 5.52. The molecule has 0 unspecified atom stereocenters. The van der Waals surface area contributed by atoms with Gasteiger partial charge in [0.15, 0.2) is 6.61 Å². The minimum Gasteiger partial charge on any atom is -0.482 e. The summed E-state index contributed by atoms with van der Waals surface area (Å²) in [6, 6.07) is 12.4. The van der Waals surface area contributed by atoms with Crippen LogP contribution >= 0.6 is 23.2 Å². The van der Waals surface area contributed by atoms with E-state index in [4.69, 9.17) is 27.9 Å². The minimum atomic E-state index is -0.311. The maximum Gasteiger partial charge on any atom is 0.262 e. The first-order valence-electron chi connectivity index (χ1n) is 10.3. The molecule has 0 aliphatic carbocycles. The van der Waals surface area contributed by atoms with Crippen molar-refractivity contribution >= 4 is 46.4 Å². The Labute approximate surface area is 193 Å². The van der Waals surface area contributed by atoms with Crippen LogP contribution in [0.25, 0.3) is 0 Å². The van der Waals surface area contributed by atoms with E-state index in [0.717, 1.165) is 5.69 Å². The fourth-order valence-corrected chi connectivity index (χ4v) is 3.81. The van der Waals surface area contributed by atoms with E-state index in [-0.39, 0.29) is 18.4 Å². The number of rotatable bonds is 7. The number of carbonyl (C=O) groups excluding carboxylic acids is 2. The molecule has 1 heterocycles. The largest absolute Gasteiger partial charge is 0.482 e. The quantitative estimate of drug-likeness (QED) is 0.645. The molecule has 6 nitrogen and oxygen atoms in total. The summed E-state index contributed by atoms with van der Waals surface area (Å²) in [7, 11) is 0. The molecule has 0 atom stereocenters. The van der Waals surface area contributed by atoms with Crippen molar-refractivity contribution in [3.8, 4) is 5.75 Å². The lowest BCUT2D eigenvalue weighted by Crippen LogP contribution is -2.49. The number of nitrogens with zero attached hydrogens (tertiary/aromatic N) is 2. The van der Waals surface area contributed by atoms with E-state index < -0.39 is 0 Å². The van der Waals surface area contributed by atoms with Gasteiger partial charge in [-0.2, -0.15) is 0 Å². The summed E-state index contributed by atoms with van der Waals surface area (Å²) >= 11 is 12.2. The number of hydrogen-bond acceptors (Lipinski definition) is 4. The average Bonchev–Trinajstić information content (AvgIpc) is 2.73. The molecule has 2 amide bonds. The number of benzene rings is 2. The lowest BCUT2D eigenvalue weighted by Gasteiger charge is -2.37. The molecule has 166 valence electrons. The van der Waals surface area contributed by atoms with Crippen molar-refractivity contribution < 1.29 is 14.3 Å².